The van der Waals surface area contributed by atoms with E-state index in [1.165, 1.54) is 24.3 Å². The zero-order valence-corrected chi connectivity index (χ0v) is 19.7. The topological polar surface area (TPSA) is 90.1 Å². The van der Waals surface area contributed by atoms with Gasteiger partial charge in [0.25, 0.3) is 5.91 Å². The van der Waals surface area contributed by atoms with Crippen molar-refractivity contribution in [3.63, 3.8) is 0 Å². The summed E-state index contributed by atoms with van der Waals surface area (Å²) >= 11 is 1.62. The molecule has 2 aromatic heterocycles. The third kappa shape index (κ3) is 5.02. The zero-order valence-electron chi connectivity index (χ0n) is 18.9. The van der Waals surface area contributed by atoms with Crippen molar-refractivity contribution in [3.05, 3.63) is 77.1 Å². The first-order chi connectivity index (χ1) is 17.3. The Morgan fingerprint density at radius 2 is 1.75 bits per heavy atom. The van der Waals surface area contributed by atoms with Crippen LogP contribution < -0.4 is 5.32 Å². The average Bonchev–Trinajstić information content (AvgIpc) is 3.60. The summed E-state index contributed by atoms with van der Waals surface area (Å²) in [4.78, 5) is 22.0. The number of aromatic nitrogens is 3. The van der Waals surface area contributed by atoms with Gasteiger partial charge < -0.3 is 14.6 Å². The molecule has 0 bridgehead atoms. The van der Waals surface area contributed by atoms with Crippen LogP contribution in [0.4, 0.5) is 13.2 Å². The highest BCUT2D eigenvalue weighted by Gasteiger charge is 2.39. The molecule has 0 spiro atoms. The second kappa shape index (κ2) is 9.82. The van der Waals surface area contributed by atoms with Crippen molar-refractivity contribution in [1.82, 2.24) is 20.4 Å². The van der Waals surface area contributed by atoms with E-state index in [-0.39, 0.29) is 17.1 Å². The molecular formula is C25H21F3N4O3S. The van der Waals surface area contributed by atoms with E-state index in [9.17, 15) is 18.0 Å². The minimum Gasteiger partial charge on any atom is -0.381 e. The van der Waals surface area contributed by atoms with Gasteiger partial charge in [-0.1, -0.05) is 47.6 Å². The quantitative estimate of drug-likeness (QED) is 0.373. The molecule has 1 amide bonds. The number of hydrogen-bond donors (Lipinski definition) is 1. The summed E-state index contributed by atoms with van der Waals surface area (Å²) in [5.41, 5.74) is 1.43. The minimum atomic E-state index is -4.72. The van der Waals surface area contributed by atoms with Crippen LogP contribution in [-0.4, -0.2) is 40.8 Å². The molecule has 1 N–H and O–H groups in total. The molecule has 1 saturated heterocycles. The van der Waals surface area contributed by atoms with Gasteiger partial charge in [0.1, 0.15) is 5.01 Å². The van der Waals surface area contributed by atoms with Crippen molar-refractivity contribution in [1.29, 1.82) is 0 Å². The van der Waals surface area contributed by atoms with Crippen LogP contribution in [0.5, 0.6) is 0 Å². The highest BCUT2D eigenvalue weighted by atomic mass is 32.1. The number of benzene rings is 2. The standard InChI is InChI=1S/C25H21F3N4O3S/c26-25(27,28)23-31-20(32-35-23)16-6-8-17(9-7-16)21(33)30-15-24(10-12-34-13-11-24)19-14-29-22(36-19)18-4-2-1-3-5-18/h1-9,14H,10-13,15H2,(H,30,33). The number of carbonyl (C=O) groups is 1. The number of halogens is 3. The Hall–Kier alpha value is -3.57. The Morgan fingerprint density at radius 3 is 2.42 bits per heavy atom. The maximum atomic E-state index is 12.9. The van der Waals surface area contributed by atoms with Crippen molar-refractivity contribution in [2.24, 2.45) is 0 Å². The predicted molar refractivity (Wildman–Crippen MR) is 126 cm³/mol. The first-order valence-corrected chi connectivity index (χ1v) is 12.0. The summed E-state index contributed by atoms with van der Waals surface area (Å²) in [6.45, 7) is 1.59. The number of amides is 1. The van der Waals surface area contributed by atoms with Gasteiger partial charge >= 0.3 is 12.1 Å². The Bertz CT molecular complexity index is 1330. The second-order valence-electron chi connectivity index (χ2n) is 8.47. The Morgan fingerprint density at radius 1 is 1.03 bits per heavy atom. The minimum absolute atomic E-state index is 0.199. The van der Waals surface area contributed by atoms with Crippen LogP contribution in [0.2, 0.25) is 0 Å². The lowest BCUT2D eigenvalue weighted by molar-refractivity contribution is -0.159. The molecule has 11 heteroatoms. The largest absolute Gasteiger partial charge is 0.471 e. The molecule has 0 unspecified atom stereocenters. The van der Waals surface area contributed by atoms with Crippen LogP contribution in [-0.2, 0) is 16.3 Å². The number of carbonyl (C=O) groups excluding carboxylic acids is 1. The highest BCUT2D eigenvalue weighted by molar-refractivity contribution is 7.15. The summed E-state index contributed by atoms with van der Waals surface area (Å²) in [5.74, 6) is -1.90. The van der Waals surface area contributed by atoms with Gasteiger partial charge in [-0.2, -0.15) is 18.2 Å². The van der Waals surface area contributed by atoms with E-state index < -0.39 is 12.1 Å². The maximum Gasteiger partial charge on any atom is 0.471 e. The van der Waals surface area contributed by atoms with Gasteiger partial charge in [-0.3, -0.25) is 4.79 Å². The van der Waals surface area contributed by atoms with Crippen LogP contribution >= 0.6 is 11.3 Å². The first-order valence-electron chi connectivity index (χ1n) is 11.2. The van der Waals surface area contributed by atoms with E-state index in [2.05, 4.69) is 25.0 Å². The molecule has 0 radical (unpaired) electrons. The normalized spacial score (nSPS) is 15.5. The molecule has 5 rings (SSSR count). The van der Waals surface area contributed by atoms with Gasteiger partial charge in [0, 0.05) is 52.9 Å². The number of alkyl halides is 3. The van der Waals surface area contributed by atoms with Crippen molar-refractivity contribution >= 4 is 17.2 Å². The van der Waals surface area contributed by atoms with E-state index >= 15 is 0 Å². The Labute approximate surface area is 208 Å². The van der Waals surface area contributed by atoms with E-state index in [1.807, 2.05) is 36.5 Å². The van der Waals surface area contributed by atoms with Crippen LogP contribution in [0.3, 0.4) is 0 Å². The Kier molecular flexibility index (Phi) is 6.59. The number of hydrogen-bond acceptors (Lipinski definition) is 7. The summed E-state index contributed by atoms with van der Waals surface area (Å²) in [6.07, 6.45) is -1.32. The molecular weight excluding hydrogens is 493 g/mol. The first kappa shape index (κ1) is 24.1. The molecule has 0 aliphatic carbocycles. The number of nitrogens with one attached hydrogen (secondary N) is 1. The monoisotopic (exact) mass is 514 g/mol. The fourth-order valence-corrected chi connectivity index (χ4v) is 5.25. The molecule has 1 aliphatic rings. The van der Waals surface area contributed by atoms with E-state index in [4.69, 9.17) is 4.74 Å². The van der Waals surface area contributed by atoms with Crippen molar-refractivity contribution in [3.8, 4) is 22.0 Å². The fraction of sp³-hybridized carbons (Fsp3) is 0.280. The van der Waals surface area contributed by atoms with Gasteiger partial charge in [-0.15, -0.1) is 11.3 Å². The van der Waals surface area contributed by atoms with E-state index in [0.29, 0.717) is 30.9 Å². The van der Waals surface area contributed by atoms with Crippen molar-refractivity contribution < 1.29 is 27.2 Å². The van der Waals surface area contributed by atoms with E-state index in [1.54, 1.807) is 11.3 Å². The summed E-state index contributed by atoms with van der Waals surface area (Å²) in [7, 11) is 0. The molecule has 0 saturated carbocycles. The van der Waals surface area contributed by atoms with Crippen LogP contribution in [0, 0.1) is 0 Å². The molecule has 2 aromatic carbocycles. The molecule has 186 valence electrons. The third-order valence-electron chi connectivity index (χ3n) is 6.16. The maximum absolute atomic E-state index is 12.9. The fourth-order valence-electron chi connectivity index (χ4n) is 4.08. The lowest BCUT2D eigenvalue weighted by Gasteiger charge is -2.36. The van der Waals surface area contributed by atoms with Crippen molar-refractivity contribution in [2.75, 3.05) is 19.8 Å². The molecule has 1 fully saturated rings. The van der Waals surface area contributed by atoms with E-state index in [0.717, 1.165) is 28.3 Å². The predicted octanol–water partition coefficient (Wildman–Crippen LogP) is 5.36. The van der Waals surface area contributed by atoms with Gasteiger partial charge in [0.05, 0.1) is 0 Å². The molecule has 3 heterocycles. The Balaban J connectivity index is 1.29. The SMILES string of the molecule is O=C(NCC1(c2cnc(-c3ccccc3)s2)CCOCC1)c1ccc(-c2noc(C(F)(F)F)n2)cc1. The lowest BCUT2D eigenvalue weighted by atomic mass is 9.79. The molecule has 7 nitrogen and oxygen atoms in total. The summed E-state index contributed by atoms with van der Waals surface area (Å²) < 4.78 is 48.0. The molecule has 36 heavy (non-hydrogen) atoms. The second-order valence-corrected chi connectivity index (χ2v) is 9.50. The molecule has 4 aromatic rings. The molecule has 1 aliphatic heterocycles. The number of rotatable bonds is 6. The number of thiazole rings is 1. The van der Waals surface area contributed by atoms with Gasteiger partial charge in [-0.05, 0) is 25.0 Å². The van der Waals surface area contributed by atoms with Crippen LogP contribution in [0.1, 0.15) is 34.0 Å². The smallest absolute Gasteiger partial charge is 0.381 e. The van der Waals surface area contributed by atoms with Gasteiger partial charge in [0.15, 0.2) is 0 Å². The van der Waals surface area contributed by atoms with Gasteiger partial charge in [0.2, 0.25) is 5.82 Å². The average molecular weight is 515 g/mol. The summed E-state index contributed by atoms with van der Waals surface area (Å²) in [6, 6.07) is 15.9. The van der Waals surface area contributed by atoms with Crippen LogP contribution in [0.25, 0.3) is 22.0 Å². The van der Waals surface area contributed by atoms with Gasteiger partial charge in [-0.25, -0.2) is 4.98 Å². The summed E-state index contributed by atoms with van der Waals surface area (Å²) in [5, 5.41) is 7.32. The van der Waals surface area contributed by atoms with Crippen molar-refractivity contribution in [2.45, 2.75) is 24.4 Å². The number of ether oxygens (including phenoxy) is 1. The number of nitrogens with zero attached hydrogens (tertiary/aromatic N) is 3. The zero-order chi connectivity index (χ0) is 25.2. The highest BCUT2D eigenvalue weighted by Crippen LogP contribution is 2.40. The lowest BCUT2D eigenvalue weighted by Crippen LogP contribution is -2.44. The third-order valence-corrected chi connectivity index (χ3v) is 7.45. The molecule has 0 atom stereocenters. The van der Waals surface area contributed by atoms with Crippen LogP contribution in [0.15, 0.2) is 65.3 Å².